The molecular formula is C15H18N6O. The number of hydrogen-bond donors (Lipinski definition) is 4. The molecule has 0 radical (unpaired) electrons. The summed E-state index contributed by atoms with van der Waals surface area (Å²) in [6.45, 7) is 1.94. The number of aromatic amines is 1. The highest BCUT2D eigenvalue weighted by Gasteiger charge is 2.30. The minimum absolute atomic E-state index is 0.0834. The summed E-state index contributed by atoms with van der Waals surface area (Å²) in [5.74, 6) is 0.286. The van der Waals surface area contributed by atoms with Crippen molar-refractivity contribution in [3.63, 3.8) is 0 Å². The number of benzene rings is 1. The maximum Gasteiger partial charge on any atom is 0.211 e. The molecule has 0 spiro atoms. The van der Waals surface area contributed by atoms with Crippen molar-refractivity contribution in [3.8, 4) is 5.75 Å². The van der Waals surface area contributed by atoms with Crippen LogP contribution in [0.2, 0.25) is 0 Å². The molecule has 114 valence electrons. The summed E-state index contributed by atoms with van der Waals surface area (Å²) in [4.78, 5) is 0. The predicted octanol–water partition coefficient (Wildman–Crippen LogP) is 1.13. The molecule has 1 aliphatic rings. The maximum absolute atomic E-state index is 10.1. The van der Waals surface area contributed by atoms with Crippen molar-refractivity contribution in [2.24, 2.45) is 21.7 Å². The van der Waals surface area contributed by atoms with Crippen molar-refractivity contribution < 1.29 is 5.11 Å². The number of aromatic nitrogens is 2. The number of H-pyrrole nitrogens is 1. The van der Waals surface area contributed by atoms with Gasteiger partial charge in [-0.3, -0.25) is 5.10 Å². The van der Waals surface area contributed by atoms with Crippen LogP contribution in [0, 0.1) is 6.92 Å². The first-order valence-electron chi connectivity index (χ1n) is 7.04. The van der Waals surface area contributed by atoms with E-state index in [1.165, 1.54) is 0 Å². The van der Waals surface area contributed by atoms with E-state index in [2.05, 4.69) is 20.4 Å². The van der Waals surface area contributed by atoms with E-state index >= 15 is 0 Å². The molecule has 0 saturated heterocycles. The number of hydrogen-bond acceptors (Lipinski definition) is 4. The first kappa shape index (κ1) is 14.1. The Balaban J connectivity index is 2.04. The molecule has 0 saturated carbocycles. The molecule has 7 heteroatoms. The van der Waals surface area contributed by atoms with Gasteiger partial charge in [0.1, 0.15) is 5.75 Å². The number of aromatic hydroxyl groups is 1. The molecule has 1 aromatic heterocycles. The third-order valence-corrected chi connectivity index (χ3v) is 3.85. The Labute approximate surface area is 127 Å². The first-order valence-corrected chi connectivity index (χ1v) is 7.04. The summed E-state index contributed by atoms with van der Waals surface area (Å²) >= 11 is 0. The molecule has 22 heavy (non-hydrogen) atoms. The smallest absolute Gasteiger partial charge is 0.211 e. The molecule has 0 amide bonds. The predicted molar refractivity (Wildman–Crippen MR) is 84.8 cm³/mol. The zero-order valence-electron chi connectivity index (χ0n) is 12.2. The Morgan fingerprint density at radius 3 is 2.82 bits per heavy atom. The summed E-state index contributed by atoms with van der Waals surface area (Å²) in [6, 6.07) is 7.32. The number of nitrogens with two attached hydrogens (primary N) is 2. The summed E-state index contributed by atoms with van der Waals surface area (Å²) in [5.41, 5.74) is 15.2. The second kappa shape index (κ2) is 5.51. The van der Waals surface area contributed by atoms with Crippen LogP contribution in [0.25, 0.3) is 0 Å². The van der Waals surface area contributed by atoms with Crippen LogP contribution >= 0.6 is 0 Å². The fourth-order valence-corrected chi connectivity index (χ4v) is 2.91. The molecule has 2 aromatic rings. The molecule has 1 unspecified atom stereocenters. The van der Waals surface area contributed by atoms with Crippen molar-refractivity contribution in [2.75, 3.05) is 0 Å². The van der Waals surface area contributed by atoms with Crippen molar-refractivity contribution in [1.82, 2.24) is 10.2 Å². The average molecular weight is 298 g/mol. The van der Waals surface area contributed by atoms with Gasteiger partial charge in [-0.15, -0.1) is 5.10 Å². The lowest BCUT2D eigenvalue weighted by atomic mass is 9.81. The van der Waals surface area contributed by atoms with Crippen LogP contribution < -0.4 is 11.5 Å². The lowest BCUT2D eigenvalue weighted by Gasteiger charge is -2.23. The van der Waals surface area contributed by atoms with Gasteiger partial charge in [0.15, 0.2) is 0 Å². The van der Waals surface area contributed by atoms with Gasteiger partial charge in [-0.2, -0.15) is 10.2 Å². The SMILES string of the molecule is Cc1[nH]nc2c1/C(=N\N=C(N)N)CC(c1ccccc1O)C2. The van der Waals surface area contributed by atoms with E-state index < -0.39 is 0 Å². The molecule has 0 aliphatic heterocycles. The van der Waals surface area contributed by atoms with Gasteiger partial charge in [-0.25, -0.2) is 0 Å². The number of para-hydroxylation sites is 1. The van der Waals surface area contributed by atoms with Gasteiger partial charge in [-0.05, 0) is 37.3 Å². The van der Waals surface area contributed by atoms with Crippen LogP contribution in [-0.2, 0) is 6.42 Å². The van der Waals surface area contributed by atoms with E-state index in [1.54, 1.807) is 12.1 Å². The average Bonchev–Trinajstić information content (AvgIpc) is 2.87. The van der Waals surface area contributed by atoms with Crippen molar-refractivity contribution in [2.45, 2.75) is 25.7 Å². The molecule has 6 N–H and O–H groups in total. The summed E-state index contributed by atoms with van der Waals surface area (Å²) in [5, 5.41) is 25.4. The summed E-state index contributed by atoms with van der Waals surface area (Å²) in [6.07, 6.45) is 1.37. The Hall–Kier alpha value is -2.83. The topological polar surface area (TPSA) is 126 Å². The molecule has 1 aromatic carbocycles. The number of aryl methyl sites for hydroxylation is 1. The summed E-state index contributed by atoms with van der Waals surface area (Å²) < 4.78 is 0. The first-order chi connectivity index (χ1) is 10.6. The number of nitrogens with zero attached hydrogens (tertiary/aromatic N) is 3. The van der Waals surface area contributed by atoms with Crippen LogP contribution in [0.3, 0.4) is 0 Å². The van der Waals surface area contributed by atoms with E-state index in [0.29, 0.717) is 6.42 Å². The lowest BCUT2D eigenvalue weighted by Crippen LogP contribution is -2.23. The van der Waals surface area contributed by atoms with Crippen LogP contribution in [0.4, 0.5) is 0 Å². The third kappa shape index (κ3) is 2.52. The number of phenolic OH excluding ortho intramolecular Hbond substituents is 1. The molecule has 7 nitrogen and oxygen atoms in total. The van der Waals surface area contributed by atoms with Gasteiger partial charge >= 0.3 is 0 Å². The van der Waals surface area contributed by atoms with Gasteiger partial charge in [-0.1, -0.05) is 18.2 Å². The number of rotatable bonds is 2. The largest absolute Gasteiger partial charge is 0.508 e. The fraction of sp³-hybridized carbons (Fsp3) is 0.267. The van der Waals surface area contributed by atoms with Crippen LogP contribution in [0.5, 0.6) is 5.75 Å². The highest BCUT2D eigenvalue weighted by Crippen LogP contribution is 2.36. The van der Waals surface area contributed by atoms with Gasteiger partial charge in [0.05, 0.1) is 11.4 Å². The van der Waals surface area contributed by atoms with Gasteiger partial charge in [0.25, 0.3) is 0 Å². The Morgan fingerprint density at radius 1 is 1.32 bits per heavy atom. The monoisotopic (exact) mass is 298 g/mol. The third-order valence-electron chi connectivity index (χ3n) is 3.85. The van der Waals surface area contributed by atoms with Crippen molar-refractivity contribution in [3.05, 3.63) is 46.8 Å². The fourth-order valence-electron chi connectivity index (χ4n) is 2.91. The minimum Gasteiger partial charge on any atom is -0.508 e. The highest BCUT2D eigenvalue weighted by molar-refractivity contribution is 6.04. The Bertz CT molecular complexity index is 757. The summed E-state index contributed by atoms with van der Waals surface area (Å²) in [7, 11) is 0. The second-order valence-electron chi connectivity index (χ2n) is 5.41. The highest BCUT2D eigenvalue weighted by atomic mass is 16.3. The van der Waals surface area contributed by atoms with Gasteiger partial charge in [0, 0.05) is 11.3 Å². The Morgan fingerprint density at radius 2 is 2.09 bits per heavy atom. The van der Waals surface area contributed by atoms with Crippen LogP contribution in [-0.4, -0.2) is 27.0 Å². The van der Waals surface area contributed by atoms with Gasteiger partial charge < -0.3 is 16.6 Å². The van der Waals surface area contributed by atoms with E-state index in [-0.39, 0.29) is 17.6 Å². The zero-order chi connectivity index (χ0) is 15.7. The molecular weight excluding hydrogens is 280 g/mol. The number of guanidine groups is 1. The second-order valence-corrected chi connectivity index (χ2v) is 5.41. The number of phenols is 1. The molecule has 1 atom stereocenters. The van der Waals surface area contributed by atoms with E-state index in [1.807, 2.05) is 19.1 Å². The molecule has 0 fully saturated rings. The molecule has 1 aliphatic carbocycles. The normalized spacial score (nSPS) is 19.0. The van der Waals surface area contributed by atoms with Gasteiger partial charge in [0.2, 0.25) is 5.96 Å². The number of fused-ring (bicyclic) bond motifs is 1. The maximum atomic E-state index is 10.1. The van der Waals surface area contributed by atoms with E-state index in [4.69, 9.17) is 11.5 Å². The van der Waals surface area contributed by atoms with Crippen molar-refractivity contribution in [1.29, 1.82) is 0 Å². The van der Waals surface area contributed by atoms with E-state index in [9.17, 15) is 5.11 Å². The minimum atomic E-state index is -0.0834. The standard InChI is InChI=1S/C15H18N6O/c1-8-14-11(19-18-8)6-9(7-12(14)20-21-15(16)17)10-4-2-3-5-13(10)22/h2-5,9,22H,6-7H2,1H3,(H,18,19)(H4,16,17,21)/b20-12-. The molecule has 3 rings (SSSR count). The molecule has 0 bridgehead atoms. The van der Waals surface area contributed by atoms with Crippen molar-refractivity contribution >= 4 is 11.7 Å². The molecule has 1 heterocycles. The quantitative estimate of drug-likeness (QED) is 0.376. The van der Waals surface area contributed by atoms with Crippen LogP contribution in [0.1, 0.15) is 34.9 Å². The lowest BCUT2D eigenvalue weighted by molar-refractivity contribution is 0.460. The number of nitrogens with one attached hydrogen (secondary N) is 1. The van der Waals surface area contributed by atoms with Crippen LogP contribution in [0.15, 0.2) is 34.5 Å². The van der Waals surface area contributed by atoms with E-state index in [0.717, 1.165) is 34.6 Å². The Kier molecular flexibility index (Phi) is 3.54. The zero-order valence-corrected chi connectivity index (χ0v) is 12.2.